The summed E-state index contributed by atoms with van der Waals surface area (Å²) in [6.45, 7) is 16.5. The van der Waals surface area contributed by atoms with Gasteiger partial charge in [0.05, 0.1) is 0 Å². The predicted octanol–water partition coefficient (Wildman–Crippen LogP) is 0.848. The van der Waals surface area contributed by atoms with Crippen molar-refractivity contribution in [3.63, 3.8) is 0 Å². The number of carbonyl (C=O) groups excluding carboxylic acids is 1. The van der Waals surface area contributed by atoms with Gasteiger partial charge in [-0.1, -0.05) is 0 Å². The lowest BCUT2D eigenvalue weighted by molar-refractivity contribution is -0.131. The molecule has 0 atom stereocenters. The van der Waals surface area contributed by atoms with Crippen LogP contribution in [0.15, 0.2) is 0 Å². The fourth-order valence-corrected chi connectivity index (χ4v) is 1.79. The zero-order chi connectivity index (χ0) is 11.5. The van der Waals surface area contributed by atoms with Crippen LogP contribution in [0.3, 0.4) is 0 Å². The number of amides is 1. The molecule has 1 fully saturated rings. The van der Waals surface area contributed by atoms with Crippen molar-refractivity contribution in [3.05, 3.63) is 11.4 Å². The molecule has 1 aliphatic heterocycles. The van der Waals surface area contributed by atoms with Crippen LogP contribution in [0.25, 0.3) is 4.85 Å². The van der Waals surface area contributed by atoms with Gasteiger partial charge in [-0.25, -0.2) is 6.57 Å². The van der Waals surface area contributed by atoms with Gasteiger partial charge in [0, 0.05) is 31.7 Å². The third-order valence-corrected chi connectivity index (χ3v) is 2.80. The van der Waals surface area contributed by atoms with Crippen molar-refractivity contribution in [3.8, 4) is 0 Å². The minimum atomic E-state index is -0.0291. The molecular formula is C11H19N3O. The van der Waals surface area contributed by atoms with Gasteiger partial charge in [0.2, 0.25) is 0 Å². The standard InChI is InChI=1S/C11H19N3O/c1-11(2,3)14-7-5-13(6-8-14)10(15)9-12-4/h5-9H2,1-3H3. The van der Waals surface area contributed by atoms with E-state index in [0.29, 0.717) is 0 Å². The highest BCUT2D eigenvalue weighted by Crippen LogP contribution is 2.15. The average molecular weight is 209 g/mol. The Morgan fingerprint density at radius 3 is 2.20 bits per heavy atom. The number of piperazine rings is 1. The van der Waals surface area contributed by atoms with E-state index in [1.54, 1.807) is 4.90 Å². The maximum Gasteiger partial charge on any atom is 0.302 e. The Kier molecular flexibility index (Phi) is 3.70. The van der Waals surface area contributed by atoms with Gasteiger partial charge in [-0.3, -0.25) is 9.69 Å². The zero-order valence-corrected chi connectivity index (χ0v) is 9.79. The van der Waals surface area contributed by atoms with E-state index in [1.165, 1.54) is 0 Å². The van der Waals surface area contributed by atoms with Gasteiger partial charge in [0.1, 0.15) is 0 Å². The number of rotatable bonds is 1. The average Bonchev–Trinajstić information content (AvgIpc) is 2.17. The van der Waals surface area contributed by atoms with E-state index in [-0.39, 0.29) is 18.0 Å². The summed E-state index contributed by atoms with van der Waals surface area (Å²) in [5, 5.41) is 0. The van der Waals surface area contributed by atoms with Crippen LogP contribution < -0.4 is 0 Å². The largest absolute Gasteiger partial charge is 0.334 e. The van der Waals surface area contributed by atoms with Crippen LogP contribution in [0.4, 0.5) is 0 Å². The van der Waals surface area contributed by atoms with Crippen molar-refractivity contribution >= 4 is 5.91 Å². The number of nitrogens with zero attached hydrogens (tertiary/aromatic N) is 3. The predicted molar refractivity (Wildman–Crippen MR) is 59.4 cm³/mol. The first-order valence-electron chi connectivity index (χ1n) is 5.31. The Morgan fingerprint density at radius 2 is 1.80 bits per heavy atom. The van der Waals surface area contributed by atoms with Crippen LogP contribution in [-0.4, -0.2) is 54.0 Å². The summed E-state index contributed by atoms with van der Waals surface area (Å²) in [5.74, 6) is -0.0291. The van der Waals surface area contributed by atoms with Crippen molar-refractivity contribution in [1.29, 1.82) is 0 Å². The molecule has 1 aliphatic rings. The Labute approximate surface area is 91.7 Å². The Hall–Kier alpha value is -1.08. The van der Waals surface area contributed by atoms with Crippen molar-refractivity contribution in [2.24, 2.45) is 0 Å². The zero-order valence-electron chi connectivity index (χ0n) is 9.79. The first-order valence-corrected chi connectivity index (χ1v) is 5.31. The fourth-order valence-electron chi connectivity index (χ4n) is 1.79. The molecule has 0 spiro atoms. The molecule has 0 radical (unpaired) electrons. The van der Waals surface area contributed by atoms with Gasteiger partial charge in [-0.2, -0.15) is 0 Å². The maximum absolute atomic E-state index is 11.4. The van der Waals surface area contributed by atoms with Crippen LogP contribution in [-0.2, 0) is 4.79 Å². The van der Waals surface area contributed by atoms with Gasteiger partial charge in [-0.15, -0.1) is 0 Å². The molecule has 4 nitrogen and oxygen atoms in total. The van der Waals surface area contributed by atoms with E-state index >= 15 is 0 Å². The first-order chi connectivity index (χ1) is 6.95. The molecule has 4 heteroatoms. The molecule has 1 rings (SSSR count). The Bertz CT molecular complexity index is 267. The minimum absolute atomic E-state index is 0.00445. The molecule has 0 aromatic carbocycles. The number of hydrogen-bond acceptors (Lipinski definition) is 2. The molecule has 0 aliphatic carbocycles. The summed E-state index contributed by atoms with van der Waals surface area (Å²) in [6, 6.07) is 0. The summed E-state index contributed by atoms with van der Waals surface area (Å²) < 4.78 is 0. The number of carbonyl (C=O) groups is 1. The molecule has 0 N–H and O–H groups in total. The highest BCUT2D eigenvalue weighted by Gasteiger charge is 2.28. The van der Waals surface area contributed by atoms with Crippen LogP contribution >= 0.6 is 0 Å². The summed E-state index contributed by atoms with van der Waals surface area (Å²) in [7, 11) is 0. The molecule has 0 saturated carbocycles. The topological polar surface area (TPSA) is 27.9 Å². The molecule has 0 aromatic heterocycles. The van der Waals surface area contributed by atoms with Crippen molar-refractivity contribution in [1.82, 2.24) is 9.80 Å². The lowest BCUT2D eigenvalue weighted by atomic mass is 10.1. The van der Waals surface area contributed by atoms with Gasteiger partial charge in [0.15, 0.2) is 0 Å². The summed E-state index contributed by atoms with van der Waals surface area (Å²) >= 11 is 0. The van der Waals surface area contributed by atoms with Gasteiger partial charge >= 0.3 is 5.91 Å². The third-order valence-electron chi connectivity index (χ3n) is 2.80. The molecule has 1 saturated heterocycles. The maximum atomic E-state index is 11.4. The van der Waals surface area contributed by atoms with Crippen LogP contribution in [0.1, 0.15) is 20.8 Å². The quantitative estimate of drug-likeness (QED) is 0.599. The summed E-state index contributed by atoms with van der Waals surface area (Å²) in [6.07, 6.45) is 0. The second kappa shape index (κ2) is 4.63. The van der Waals surface area contributed by atoms with Gasteiger partial charge in [-0.05, 0) is 20.8 Å². The Balaban J connectivity index is 2.43. The minimum Gasteiger partial charge on any atom is -0.334 e. The SMILES string of the molecule is [C-]#[N+]CC(=O)N1CCN(C(C)(C)C)CC1. The fraction of sp³-hybridized carbons (Fsp3) is 0.818. The molecule has 15 heavy (non-hydrogen) atoms. The van der Waals surface area contributed by atoms with Gasteiger partial charge in [0.25, 0.3) is 6.54 Å². The molecule has 1 heterocycles. The highest BCUT2D eigenvalue weighted by molar-refractivity contribution is 5.79. The second-order valence-electron chi connectivity index (χ2n) is 4.85. The summed E-state index contributed by atoms with van der Waals surface area (Å²) in [4.78, 5) is 18.7. The number of hydrogen-bond donors (Lipinski definition) is 0. The van der Waals surface area contributed by atoms with Crippen molar-refractivity contribution in [2.45, 2.75) is 26.3 Å². The Morgan fingerprint density at radius 1 is 1.27 bits per heavy atom. The van der Waals surface area contributed by atoms with E-state index < -0.39 is 0 Å². The normalized spacial score (nSPS) is 18.7. The lowest BCUT2D eigenvalue weighted by Gasteiger charge is -2.41. The van der Waals surface area contributed by atoms with Gasteiger partial charge < -0.3 is 9.74 Å². The van der Waals surface area contributed by atoms with E-state index in [4.69, 9.17) is 6.57 Å². The first kappa shape index (κ1) is 12.0. The smallest absolute Gasteiger partial charge is 0.302 e. The molecule has 0 aromatic rings. The van der Waals surface area contributed by atoms with Crippen LogP contribution in [0.2, 0.25) is 0 Å². The van der Waals surface area contributed by atoms with E-state index in [9.17, 15) is 4.79 Å². The van der Waals surface area contributed by atoms with Crippen molar-refractivity contribution in [2.75, 3.05) is 32.7 Å². The molecular weight excluding hydrogens is 190 g/mol. The molecule has 1 amide bonds. The van der Waals surface area contributed by atoms with Crippen molar-refractivity contribution < 1.29 is 4.79 Å². The summed E-state index contributed by atoms with van der Waals surface area (Å²) in [5.41, 5.74) is 0.176. The van der Waals surface area contributed by atoms with E-state index in [2.05, 4.69) is 30.5 Å². The van der Waals surface area contributed by atoms with E-state index in [0.717, 1.165) is 26.2 Å². The van der Waals surface area contributed by atoms with E-state index in [1.807, 2.05) is 0 Å². The monoisotopic (exact) mass is 209 g/mol. The molecule has 0 unspecified atom stereocenters. The third kappa shape index (κ3) is 3.21. The van der Waals surface area contributed by atoms with Crippen LogP contribution in [0, 0.1) is 6.57 Å². The molecule has 0 bridgehead atoms. The lowest BCUT2D eigenvalue weighted by Crippen LogP contribution is -2.54. The van der Waals surface area contributed by atoms with Crippen LogP contribution in [0.5, 0.6) is 0 Å². The highest BCUT2D eigenvalue weighted by atomic mass is 16.2. The second-order valence-corrected chi connectivity index (χ2v) is 4.85. The molecule has 84 valence electrons.